The quantitative estimate of drug-likeness (QED) is 0.336. The Morgan fingerprint density at radius 2 is 2.06 bits per heavy atom. The molecule has 0 amide bonds. The largest absolute Gasteiger partial charge is 0.618 e. The third kappa shape index (κ3) is 5.84. The zero-order chi connectivity index (χ0) is 25.9. The van der Waals surface area contributed by atoms with E-state index in [1.165, 1.54) is 25.1 Å². The maximum atomic E-state index is 13.6. The van der Waals surface area contributed by atoms with Crippen molar-refractivity contribution in [2.75, 3.05) is 13.2 Å². The van der Waals surface area contributed by atoms with Crippen molar-refractivity contribution >= 4 is 27.5 Å². The Bertz CT molecular complexity index is 1380. The fourth-order valence-electron chi connectivity index (χ4n) is 2.95. The van der Waals surface area contributed by atoms with Gasteiger partial charge in [0.15, 0.2) is 5.69 Å². The van der Waals surface area contributed by atoms with Gasteiger partial charge in [-0.2, -0.15) is 23.2 Å². The number of rotatable bonds is 7. The number of nitrogens with zero attached hydrogens (tertiary/aromatic N) is 4. The standard InChI is InChI=1S/C21H15BrClF3N4O5/c1-11-12(7-27)4-13(22)5-16(11)35-18-19(21(24,25)26)28-10-29(20(18)32)8-14-6-15(23)17(9-30(14)33)34-3-2-31/h4-6,9-10,31H,2-3,8H2,1H3. The van der Waals surface area contributed by atoms with Gasteiger partial charge in [0.05, 0.1) is 29.6 Å². The fourth-order valence-corrected chi connectivity index (χ4v) is 3.61. The van der Waals surface area contributed by atoms with Crippen molar-refractivity contribution in [2.24, 2.45) is 0 Å². The number of pyridine rings is 1. The van der Waals surface area contributed by atoms with Crippen molar-refractivity contribution in [3.8, 4) is 23.3 Å². The number of nitriles is 1. The molecule has 0 aliphatic rings. The van der Waals surface area contributed by atoms with E-state index in [4.69, 9.17) is 26.2 Å². The highest BCUT2D eigenvalue weighted by Gasteiger charge is 2.39. The summed E-state index contributed by atoms with van der Waals surface area (Å²) in [5.41, 5.74) is -2.57. The number of aliphatic hydroxyl groups is 1. The van der Waals surface area contributed by atoms with Crippen LogP contribution in [0.25, 0.3) is 0 Å². The van der Waals surface area contributed by atoms with Gasteiger partial charge >= 0.3 is 6.18 Å². The number of aliphatic hydroxyl groups excluding tert-OH is 1. The van der Waals surface area contributed by atoms with Gasteiger partial charge in [0.2, 0.25) is 23.4 Å². The highest BCUT2D eigenvalue weighted by Crippen LogP contribution is 2.36. The predicted octanol–water partition coefficient (Wildman–Crippen LogP) is 3.70. The van der Waals surface area contributed by atoms with Crippen molar-refractivity contribution in [3.05, 3.63) is 78.3 Å². The van der Waals surface area contributed by atoms with E-state index in [-0.39, 0.29) is 46.6 Å². The first-order valence-electron chi connectivity index (χ1n) is 9.66. The lowest BCUT2D eigenvalue weighted by Gasteiger charge is -2.16. The molecule has 35 heavy (non-hydrogen) atoms. The van der Waals surface area contributed by atoms with E-state index >= 15 is 0 Å². The second kappa shape index (κ2) is 10.5. The van der Waals surface area contributed by atoms with Crippen LogP contribution in [-0.2, 0) is 12.7 Å². The van der Waals surface area contributed by atoms with Crippen LogP contribution in [0.5, 0.6) is 17.2 Å². The minimum Gasteiger partial charge on any atom is -0.618 e. The van der Waals surface area contributed by atoms with Crippen LogP contribution in [0.2, 0.25) is 5.02 Å². The number of halogens is 5. The average molecular weight is 576 g/mol. The number of hydrogen-bond acceptors (Lipinski definition) is 7. The van der Waals surface area contributed by atoms with Crippen molar-refractivity contribution < 1.29 is 32.5 Å². The Balaban J connectivity index is 2.08. The minimum atomic E-state index is -5.03. The topological polar surface area (TPSA) is 124 Å². The molecule has 1 N–H and O–H groups in total. The van der Waals surface area contributed by atoms with Crippen molar-refractivity contribution in [1.82, 2.24) is 9.55 Å². The molecule has 0 aliphatic carbocycles. The van der Waals surface area contributed by atoms with E-state index < -0.39 is 29.7 Å². The van der Waals surface area contributed by atoms with Crippen LogP contribution in [0.1, 0.15) is 22.5 Å². The molecule has 0 atom stereocenters. The fraction of sp³-hybridized carbons (Fsp3) is 0.238. The summed E-state index contributed by atoms with van der Waals surface area (Å²) >= 11 is 9.21. The molecule has 0 unspecified atom stereocenters. The zero-order valence-electron chi connectivity index (χ0n) is 17.8. The maximum absolute atomic E-state index is 13.6. The van der Waals surface area contributed by atoms with Gasteiger partial charge in [-0.15, -0.1) is 0 Å². The SMILES string of the molecule is Cc1c(C#N)cc(Br)cc1Oc1c(C(F)(F)F)ncn(Cc2cc(Cl)c(OCCO)c[n+]2[O-])c1=O. The molecule has 0 fully saturated rings. The van der Waals surface area contributed by atoms with Gasteiger partial charge in [0.1, 0.15) is 18.9 Å². The van der Waals surface area contributed by atoms with Crippen molar-refractivity contribution in [2.45, 2.75) is 19.6 Å². The lowest BCUT2D eigenvalue weighted by molar-refractivity contribution is -0.614. The van der Waals surface area contributed by atoms with Gasteiger partial charge in [-0.1, -0.05) is 27.5 Å². The third-order valence-electron chi connectivity index (χ3n) is 4.65. The highest BCUT2D eigenvalue weighted by atomic mass is 79.9. The van der Waals surface area contributed by atoms with Gasteiger partial charge in [-0.3, -0.25) is 9.36 Å². The zero-order valence-corrected chi connectivity index (χ0v) is 20.1. The molecule has 0 saturated carbocycles. The lowest BCUT2D eigenvalue weighted by atomic mass is 10.1. The maximum Gasteiger partial charge on any atom is 0.437 e. The van der Waals surface area contributed by atoms with Gasteiger partial charge in [0.25, 0.3) is 5.56 Å². The number of alkyl halides is 3. The first kappa shape index (κ1) is 26.3. The molecule has 3 aromatic rings. The van der Waals surface area contributed by atoms with E-state index in [0.29, 0.717) is 15.5 Å². The van der Waals surface area contributed by atoms with Crippen LogP contribution >= 0.6 is 27.5 Å². The Labute approximate surface area is 209 Å². The third-order valence-corrected chi connectivity index (χ3v) is 5.40. The van der Waals surface area contributed by atoms with E-state index in [1.807, 2.05) is 6.07 Å². The summed E-state index contributed by atoms with van der Waals surface area (Å²) < 4.78 is 52.8. The highest BCUT2D eigenvalue weighted by molar-refractivity contribution is 9.10. The smallest absolute Gasteiger partial charge is 0.437 e. The number of benzene rings is 1. The summed E-state index contributed by atoms with van der Waals surface area (Å²) in [5.74, 6) is -1.32. The first-order valence-corrected chi connectivity index (χ1v) is 10.8. The molecule has 2 aromatic heterocycles. The second-order valence-corrected chi connectivity index (χ2v) is 8.34. The van der Waals surface area contributed by atoms with Gasteiger partial charge in [0, 0.05) is 16.1 Å². The molecule has 2 heterocycles. The summed E-state index contributed by atoms with van der Waals surface area (Å²) in [6.45, 7) is 0.514. The van der Waals surface area contributed by atoms with E-state index in [1.54, 1.807) is 0 Å². The lowest BCUT2D eigenvalue weighted by Crippen LogP contribution is -2.35. The molecule has 9 nitrogen and oxygen atoms in total. The Morgan fingerprint density at radius 3 is 2.69 bits per heavy atom. The van der Waals surface area contributed by atoms with Gasteiger partial charge < -0.3 is 19.8 Å². The van der Waals surface area contributed by atoms with Crippen LogP contribution in [0.4, 0.5) is 13.2 Å². The van der Waals surface area contributed by atoms with Crippen LogP contribution in [-0.4, -0.2) is 27.9 Å². The molecule has 0 saturated heterocycles. The van der Waals surface area contributed by atoms with Crippen LogP contribution in [0.3, 0.4) is 0 Å². The van der Waals surface area contributed by atoms with Crippen LogP contribution < -0.4 is 19.8 Å². The molecule has 1 aromatic carbocycles. The number of aromatic nitrogens is 3. The van der Waals surface area contributed by atoms with E-state index in [0.717, 1.165) is 10.8 Å². The predicted molar refractivity (Wildman–Crippen MR) is 119 cm³/mol. The van der Waals surface area contributed by atoms with E-state index in [2.05, 4.69) is 20.9 Å². The van der Waals surface area contributed by atoms with Gasteiger partial charge in [-0.05, 0) is 19.1 Å². The Morgan fingerprint density at radius 1 is 1.34 bits per heavy atom. The summed E-state index contributed by atoms with van der Waals surface area (Å²) in [5, 5.41) is 30.4. The van der Waals surface area contributed by atoms with Gasteiger partial charge in [-0.25, -0.2) is 4.98 Å². The molecule has 184 valence electrons. The summed E-state index contributed by atoms with van der Waals surface area (Å²) in [7, 11) is 0. The van der Waals surface area contributed by atoms with Crippen molar-refractivity contribution in [3.63, 3.8) is 0 Å². The number of hydrogen-bond donors (Lipinski definition) is 1. The molecule has 3 rings (SSSR count). The summed E-state index contributed by atoms with van der Waals surface area (Å²) in [6, 6.07) is 5.81. The summed E-state index contributed by atoms with van der Waals surface area (Å²) in [4.78, 5) is 16.4. The van der Waals surface area contributed by atoms with Crippen LogP contribution in [0, 0.1) is 23.5 Å². The molecule has 14 heteroatoms. The Hall–Kier alpha value is -3.34. The monoisotopic (exact) mass is 574 g/mol. The molecule has 0 spiro atoms. The number of ether oxygens (including phenoxy) is 2. The van der Waals surface area contributed by atoms with E-state index in [9.17, 15) is 28.4 Å². The minimum absolute atomic E-state index is 0.0151. The molecule has 0 aliphatic heterocycles. The Kier molecular flexibility index (Phi) is 7.89. The second-order valence-electron chi connectivity index (χ2n) is 7.02. The molecular formula is C21H15BrClF3N4O5. The molecule has 0 bridgehead atoms. The average Bonchev–Trinajstić information content (AvgIpc) is 2.78. The van der Waals surface area contributed by atoms with Crippen LogP contribution in [0.15, 0.2) is 40.0 Å². The molecule has 0 radical (unpaired) electrons. The van der Waals surface area contributed by atoms with Crippen molar-refractivity contribution in [1.29, 1.82) is 5.26 Å². The normalized spacial score (nSPS) is 11.3. The first-order chi connectivity index (χ1) is 16.5. The molecular weight excluding hydrogens is 561 g/mol. The summed E-state index contributed by atoms with van der Waals surface area (Å²) in [6.07, 6.45) is -3.43.